The van der Waals surface area contributed by atoms with Crippen LogP contribution in [-0.4, -0.2) is 23.3 Å². The Labute approximate surface area is 123 Å². The van der Waals surface area contributed by atoms with E-state index in [1.807, 2.05) is 22.6 Å². The molecule has 0 bridgehead atoms. The van der Waals surface area contributed by atoms with Gasteiger partial charge in [0, 0.05) is 9.99 Å². The summed E-state index contributed by atoms with van der Waals surface area (Å²) < 4.78 is 5.16. The molecule has 0 aliphatic rings. The first-order chi connectivity index (χ1) is 9.06. The predicted octanol–water partition coefficient (Wildman–Crippen LogP) is 2.40. The molecule has 0 saturated carbocycles. The van der Waals surface area contributed by atoms with Crippen LogP contribution in [0.25, 0.3) is 0 Å². The highest BCUT2D eigenvalue weighted by Crippen LogP contribution is 2.13. The fourth-order valence-electron chi connectivity index (χ4n) is 1.19. The van der Waals surface area contributed by atoms with E-state index in [0.717, 1.165) is 6.08 Å². The Morgan fingerprint density at radius 2 is 1.95 bits per heavy atom. The van der Waals surface area contributed by atoms with Gasteiger partial charge >= 0.3 is 11.9 Å². The Hall–Kier alpha value is -1.70. The van der Waals surface area contributed by atoms with Crippen molar-refractivity contribution in [2.24, 2.45) is 0 Å². The van der Waals surface area contributed by atoms with Crippen LogP contribution in [-0.2, 0) is 14.3 Å². The van der Waals surface area contributed by atoms with Crippen molar-refractivity contribution in [1.29, 1.82) is 0 Å². The third-order valence-electron chi connectivity index (χ3n) is 2.11. The van der Waals surface area contributed by atoms with E-state index >= 15 is 0 Å². The second kappa shape index (κ2) is 7.67. The van der Waals surface area contributed by atoms with E-state index < -0.39 is 17.7 Å². The quantitative estimate of drug-likeness (QED) is 0.163. The summed E-state index contributed by atoms with van der Waals surface area (Å²) in [7, 11) is 0. The second-order valence-electron chi connectivity index (χ2n) is 3.49. The van der Waals surface area contributed by atoms with Gasteiger partial charge in [-0.3, -0.25) is 0 Å². The molecule has 0 saturated heterocycles. The summed E-state index contributed by atoms with van der Waals surface area (Å²) in [5.74, 6) is -2.64. The lowest BCUT2D eigenvalue weighted by molar-refractivity contribution is -0.136. The Kier molecular flexibility index (Phi) is 6.20. The molecule has 0 aliphatic heterocycles. The molecule has 6 heteroatoms. The van der Waals surface area contributed by atoms with Crippen molar-refractivity contribution in [3.05, 3.63) is 45.2 Å². The summed E-state index contributed by atoms with van der Waals surface area (Å²) in [6.45, 7) is 0. The van der Waals surface area contributed by atoms with Crippen LogP contribution >= 0.6 is 22.6 Å². The average molecular weight is 374 g/mol. The number of aliphatic hydroxyl groups is 1. The summed E-state index contributed by atoms with van der Waals surface area (Å²) in [5.41, 5.74) is 0.247. The fraction of sp³-hybridized carbons (Fsp3) is 0.154. The molecule has 0 aliphatic carbocycles. The molecule has 1 aromatic carbocycles. The molecule has 0 unspecified atom stereocenters. The molecular formula is C13H11IO5. The van der Waals surface area contributed by atoms with Gasteiger partial charge in [-0.05, 0) is 47.2 Å². The third-order valence-corrected chi connectivity index (χ3v) is 3.05. The minimum absolute atomic E-state index is 0.182. The number of esters is 2. The van der Waals surface area contributed by atoms with Crippen molar-refractivity contribution >= 4 is 40.8 Å². The Bertz CT molecular complexity index is 522. The molecule has 0 fully saturated rings. The number of carbonyl (C=O) groups is 3. The lowest BCUT2D eigenvalue weighted by Crippen LogP contribution is -2.15. The molecular weight excluding hydrogens is 363 g/mol. The monoisotopic (exact) mass is 374 g/mol. The van der Waals surface area contributed by atoms with E-state index in [0.29, 0.717) is 9.86 Å². The largest absolute Gasteiger partial charge is 0.502 e. The number of unbranched alkanes of at least 4 members (excludes halogenated alkanes) is 1. The zero-order valence-electron chi connectivity index (χ0n) is 9.84. The van der Waals surface area contributed by atoms with Crippen molar-refractivity contribution < 1.29 is 24.2 Å². The Morgan fingerprint density at radius 1 is 1.26 bits per heavy atom. The van der Waals surface area contributed by atoms with Gasteiger partial charge in [0.25, 0.3) is 0 Å². The zero-order chi connectivity index (χ0) is 14.3. The maximum atomic E-state index is 11.7. The van der Waals surface area contributed by atoms with Gasteiger partial charge in [0.05, 0.1) is 5.56 Å². The van der Waals surface area contributed by atoms with Crippen molar-refractivity contribution in [3.8, 4) is 0 Å². The number of carbonyl (C=O) groups excluding carboxylic acids is 3. The Morgan fingerprint density at radius 3 is 2.58 bits per heavy atom. The summed E-state index contributed by atoms with van der Waals surface area (Å²) >= 11 is 1.94. The van der Waals surface area contributed by atoms with Gasteiger partial charge < -0.3 is 14.6 Å². The minimum atomic E-state index is -1.13. The topological polar surface area (TPSA) is 80.7 Å². The number of benzene rings is 1. The van der Waals surface area contributed by atoms with E-state index in [1.54, 1.807) is 18.2 Å². The van der Waals surface area contributed by atoms with Gasteiger partial charge in [-0.1, -0.05) is 12.1 Å². The maximum absolute atomic E-state index is 11.7. The van der Waals surface area contributed by atoms with E-state index in [2.05, 4.69) is 4.74 Å². The van der Waals surface area contributed by atoms with Gasteiger partial charge in [-0.2, -0.15) is 0 Å². The molecule has 1 aromatic rings. The smallest absolute Gasteiger partial charge is 0.380 e. The molecule has 100 valence electrons. The van der Waals surface area contributed by atoms with Crippen LogP contribution in [0, 0.1) is 3.57 Å². The van der Waals surface area contributed by atoms with E-state index in [-0.39, 0.29) is 18.4 Å². The maximum Gasteiger partial charge on any atom is 0.380 e. The molecule has 0 amide bonds. The van der Waals surface area contributed by atoms with Crippen LogP contribution in [0.2, 0.25) is 0 Å². The first kappa shape index (κ1) is 15.4. The van der Waals surface area contributed by atoms with Crippen molar-refractivity contribution in [3.63, 3.8) is 0 Å². The number of aldehydes is 1. The number of hydrogen-bond acceptors (Lipinski definition) is 5. The van der Waals surface area contributed by atoms with Gasteiger partial charge in [0.15, 0.2) is 5.76 Å². The van der Waals surface area contributed by atoms with Crippen molar-refractivity contribution in [2.45, 2.75) is 12.8 Å². The average Bonchev–Trinajstić information content (AvgIpc) is 2.39. The van der Waals surface area contributed by atoms with E-state index in [1.165, 1.54) is 6.07 Å². The SMILES string of the molecule is O=CCCC=C(O)C(=O)OC(=O)c1ccccc1I. The van der Waals surface area contributed by atoms with E-state index in [4.69, 9.17) is 0 Å². The van der Waals surface area contributed by atoms with Gasteiger partial charge in [-0.25, -0.2) is 9.59 Å². The fourth-order valence-corrected chi connectivity index (χ4v) is 1.80. The van der Waals surface area contributed by atoms with Crippen molar-refractivity contribution in [1.82, 2.24) is 0 Å². The van der Waals surface area contributed by atoms with Crippen LogP contribution in [0.4, 0.5) is 0 Å². The molecule has 0 radical (unpaired) electrons. The zero-order valence-corrected chi connectivity index (χ0v) is 12.0. The molecule has 0 atom stereocenters. The number of allylic oxidation sites excluding steroid dienone is 1. The standard InChI is InChI=1S/C13H11IO5/c14-10-6-2-1-5-9(10)12(17)19-13(18)11(16)7-3-4-8-15/h1-2,5-8,16H,3-4H2. The van der Waals surface area contributed by atoms with Crippen LogP contribution in [0.5, 0.6) is 0 Å². The molecule has 19 heavy (non-hydrogen) atoms. The van der Waals surface area contributed by atoms with E-state index in [9.17, 15) is 19.5 Å². The summed E-state index contributed by atoms with van der Waals surface area (Å²) in [5, 5.41) is 9.33. The van der Waals surface area contributed by atoms with Crippen LogP contribution in [0.3, 0.4) is 0 Å². The first-order valence-corrected chi connectivity index (χ1v) is 6.48. The lowest BCUT2D eigenvalue weighted by atomic mass is 10.2. The molecule has 0 aromatic heterocycles. The Balaban J connectivity index is 2.67. The van der Waals surface area contributed by atoms with Gasteiger partial charge in [0.1, 0.15) is 6.29 Å². The number of ether oxygens (including phenoxy) is 1. The normalized spacial score (nSPS) is 10.9. The molecule has 5 nitrogen and oxygen atoms in total. The van der Waals surface area contributed by atoms with Crippen LogP contribution < -0.4 is 0 Å². The van der Waals surface area contributed by atoms with Gasteiger partial charge in [0.2, 0.25) is 0 Å². The molecule has 0 heterocycles. The molecule has 0 spiro atoms. The lowest BCUT2D eigenvalue weighted by Gasteiger charge is -2.04. The highest BCUT2D eigenvalue weighted by Gasteiger charge is 2.17. The highest BCUT2D eigenvalue weighted by atomic mass is 127. The minimum Gasteiger partial charge on any atom is -0.502 e. The van der Waals surface area contributed by atoms with Crippen molar-refractivity contribution in [2.75, 3.05) is 0 Å². The second-order valence-corrected chi connectivity index (χ2v) is 4.65. The summed E-state index contributed by atoms with van der Waals surface area (Å²) in [6, 6.07) is 6.60. The number of aliphatic hydroxyl groups excluding tert-OH is 1. The summed E-state index contributed by atoms with van der Waals surface area (Å²) in [4.78, 5) is 33.1. The third kappa shape index (κ3) is 4.82. The van der Waals surface area contributed by atoms with Gasteiger partial charge in [-0.15, -0.1) is 0 Å². The number of hydrogen-bond donors (Lipinski definition) is 1. The van der Waals surface area contributed by atoms with Crippen LogP contribution in [0.1, 0.15) is 23.2 Å². The number of rotatable bonds is 5. The first-order valence-electron chi connectivity index (χ1n) is 5.40. The molecule has 1 rings (SSSR count). The molecule has 1 N–H and O–H groups in total. The van der Waals surface area contributed by atoms with Crippen LogP contribution in [0.15, 0.2) is 36.1 Å². The number of halogens is 1. The summed E-state index contributed by atoms with van der Waals surface area (Å²) in [6.07, 6.45) is 2.19. The highest BCUT2D eigenvalue weighted by molar-refractivity contribution is 14.1. The predicted molar refractivity (Wildman–Crippen MR) is 75.6 cm³/mol.